The van der Waals surface area contributed by atoms with Gasteiger partial charge < -0.3 is 20.2 Å². The molecule has 114 valence electrons. The molecule has 2 fully saturated rings. The number of carbonyl (C=O) groups is 2. The van der Waals surface area contributed by atoms with Crippen LogP contribution in [0.25, 0.3) is 0 Å². The van der Waals surface area contributed by atoms with Gasteiger partial charge in [0.05, 0.1) is 5.41 Å². The first-order chi connectivity index (χ1) is 9.34. The number of amides is 2. The molecule has 3 atom stereocenters. The van der Waals surface area contributed by atoms with Crippen molar-refractivity contribution in [3.63, 3.8) is 0 Å². The molecule has 2 aliphatic rings. The zero-order valence-corrected chi connectivity index (χ0v) is 12.6. The second-order valence-electron chi connectivity index (χ2n) is 6.39. The number of rotatable bonds is 2. The number of piperazine rings is 1. The number of carbonyl (C=O) groups excluding carboxylic acids is 1. The van der Waals surface area contributed by atoms with Crippen molar-refractivity contribution in [2.75, 3.05) is 26.7 Å². The smallest absolute Gasteiger partial charge is 0.317 e. The van der Waals surface area contributed by atoms with Crippen LogP contribution in [0, 0.1) is 5.41 Å². The van der Waals surface area contributed by atoms with Gasteiger partial charge in [-0.2, -0.15) is 0 Å². The van der Waals surface area contributed by atoms with Crippen molar-refractivity contribution in [3.05, 3.63) is 0 Å². The number of nitrogens with one attached hydrogen (secondary N) is 1. The highest BCUT2D eigenvalue weighted by atomic mass is 16.4. The van der Waals surface area contributed by atoms with Gasteiger partial charge in [-0.25, -0.2) is 4.79 Å². The quantitative estimate of drug-likeness (QED) is 0.792. The Morgan fingerprint density at radius 1 is 1.35 bits per heavy atom. The molecule has 0 aromatic heterocycles. The third-order valence-corrected chi connectivity index (χ3v) is 4.99. The summed E-state index contributed by atoms with van der Waals surface area (Å²) < 4.78 is 0. The van der Waals surface area contributed by atoms with Gasteiger partial charge in [0.15, 0.2) is 0 Å². The minimum absolute atomic E-state index is 0.121. The van der Waals surface area contributed by atoms with Gasteiger partial charge in [0.25, 0.3) is 0 Å². The molecular formula is C14H25N3O3. The lowest BCUT2D eigenvalue weighted by atomic mass is 9.85. The first kappa shape index (κ1) is 15.1. The molecule has 3 unspecified atom stereocenters. The third kappa shape index (κ3) is 2.75. The summed E-state index contributed by atoms with van der Waals surface area (Å²) in [6.45, 7) is 6.08. The van der Waals surface area contributed by atoms with Crippen LogP contribution >= 0.6 is 0 Å². The predicted octanol–water partition coefficient (Wildman–Crippen LogP) is 0.975. The van der Waals surface area contributed by atoms with E-state index < -0.39 is 11.4 Å². The van der Waals surface area contributed by atoms with E-state index in [1.54, 1.807) is 11.8 Å². The topological polar surface area (TPSA) is 72.9 Å². The van der Waals surface area contributed by atoms with E-state index in [-0.39, 0.29) is 12.1 Å². The van der Waals surface area contributed by atoms with Crippen LogP contribution < -0.4 is 5.32 Å². The van der Waals surface area contributed by atoms with Crippen LogP contribution in [-0.4, -0.2) is 65.7 Å². The van der Waals surface area contributed by atoms with E-state index in [9.17, 15) is 14.7 Å². The van der Waals surface area contributed by atoms with E-state index in [4.69, 9.17) is 0 Å². The zero-order valence-electron chi connectivity index (χ0n) is 12.6. The van der Waals surface area contributed by atoms with E-state index >= 15 is 0 Å². The minimum atomic E-state index is -0.826. The lowest BCUT2D eigenvalue weighted by molar-refractivity contribution is -0.148. The standard InChI is InChI=1S/C14H25N3O3/c1-10-9-17(8-7-16(10)3)13(20)15-11-5-4-6-14(11,2)12(18)19/h10-11H,4-9H2,1-3H3,(H,15,20)(H,18,19). The van der Waals surface area contributed by atoms with Crippen LogP contribution in [0.2, 0.25) is 0 Å². The fourth-order valence-electron chi connectivity index (χ4n) is 3.13. The number of urea groups is 1. The molecule has 0 radical (unpaired) electrons. The van der Waals surface area contributed by atoms with Crippen LogP contribution in [-0.2, 0) is 4.79 Å². The maximum Gasteiger partial charge on any atom is 0.317 e. The summed E-state index contributed by atoms with van der Waals surface area (Å²) in [5.41, 5.74) is -0.826. The van der Waals surface area contributed by atoms with Crippen molar-refractivity contribution in [1.82, 2.24) is 15.1 Å². The average molecular weight is 283 g/mol. The molecule has 2 rings (SSSR count). The monoisotopic (exact) mass is 283 g/mol. The van der Waals surface area contributed by atoms with Crippen LogP contribution in [0.5, 0.6) is 0 Å². The summed E-state index contributed by atoms with van der Waals surface area (Å²) in [7, 11) is 2.05. The molecule has 0 bridgehead atoms. The Labute approximate surface area is 120 Å². The van der Waals surface area contributed by atoms with E-state index in [2.05, 4.69) is 24.2 Å². The van der Waals surface area contributed by atoms with E-state index in [1.165, 1.54) is 0 Å². The maximum atomic E-state index is 12.3. The van der Waals surface area contributed by atoms with Gasteiger partial charge in [-0.3, -0.25) is 4.79 Å². The molecule has 0 aromatic rings. The molecule has 1 aliphatic heterocycles. The van der Waals surface area contributed by atoms with Gasteiger partial charge in [0.1, 0.15) is 0 Å². The van der Waals surface area contributed by atoms with Gasteiger partial charge in [-0.1, -0.05) is 6.42 Å². The molecule has 0 aromatic carbocycles. The van der Waals surface area contributed by atoms with Gasteiger partial charge in [-0.05, 0) is 33.7 Å². The fraction of sp³-hybridized carbons (Fsp3) is 0.857. The molecule has 1 saturated heterocycles. The normalized spacial score (nSPS) is 35.0. The zero-order chi connectivity index (χ0) is 14.9. The number of carboxylic acid groups (broad SMARTS) is 1. The van der Waals surface area contributed by atoms with Gasteiger partial charge in [0.2, 0.25) is 0 Å². The van der Waals surface area contributed by atoms with Crippen LogP contribution in [0.1, 0.15) is 33.1 Å². The van der Waals surface area contributed by atoms with Gasteiger partial charge in [0, 0.05) is 31.7 Å². The summed E-state index contributed by atoms with van der Waals surface area (Å²) in [6.07, 6.45) is 2.23. The summed E-state index contributed by atoms with van der Waals surface area (Å²) >= 11 is 0. The summed E-state index contributed by atoms with van der Waals surface area (Å²) in [5.74, 6) is -0.813. The van der Waals surface area contributed by atoms with E-state index in [0.717, 1.165) is 19.4 Å². The molecule has 2 amide bonds. The largest absolute Gasteiger partial charge is 0.481 e. The number of aliphatic carboxylic acids is 1. The average Bonchev–Trinajstić information content (AvgIpc) is 2.75. The highest BCUT2D eigenvalue weighted by molar-refractivity contribution is 5.79. The van der Waals surface area contributed by atoms with Crippen LogP contribution in [0.15, 0.2) is 0 Å². The highest BCUT2D eigenvalue weighted by Crippen LogP contribution is 2.38. The number of nitrogens with zero attached hydrogens (tertiary/aromatic N) is 2. The number of hydrogen-bond donors (Lipinski definition) is 2. The predicted molar refractivity (Wildman–Crippen MR) is 75.6 cm³/mol. The van der Waals surface area contributed by atoms with Crippen molar-refractivity contribution in [3.8, 4) is 0 Å². The second kappa shape index (κ2) is 5.60. The Bertz CT molecular complexity index is 401. The maximum absolute atomic E-state index is 12.3. The summed E-state index contributed by atoms with van der Waals surface area (Å²) in [5, 5.41) is 12.3. The van der Waals surface area contributed by atoms with Crippen molar-refractivity contribution < 1.29 is 14.7 Å². The molecule has 20 heavy (non-hydrogen) atoms. The Balaban J connectivity index is 1.96. The Hall–Kier alpha value is -1.30. The van der Waals surface area contributed by atoms with Gasteiger partial charge in [-0.15, -0.1) is 0 Å². The molecule has 1 aliphatic carbocycles. The van der Waals surface area contributed by atoms with Crippen molar-refractivity contribution in [1.29, 1.82) is 0 Å². The number of hydrogen-bond acceptors (Lipinski definition) is 3. The van der Waals surface area contributed by atoms with Crippen molar-refractivity contribution in [2.45, 2.75) is 45.2 Å². The molecule has 2 N–H and O–H groups in total. The molecule has 6 nitrogen and oxygen atoms in total. The van der Waals surface area contributed by atoms with Crippen LogP contribution in [0.4, 0.5) is 4.79 Å². The first-order valence-electron chi connectivity index (χ1n) is 7.33. The molecular weight excluding hydrogens is 258 g/mol. The van der Waals surface area contributed by atoms with Crippen molar-refractivity contribution >= 4 is 12.0 Å². The number of carboxylic acids is 1. The van der Waals surface area contributed by atoms with E-state index in [1.807, 2.05) is 0 Å². The number of likely N-dealkylation sites (N-methyl/N-ethyl adjacent to an activating group) is 1. The minimum Gasteiger partial charge on any atom is -0.481 e. The molecule has 6 heteroatoms. The lowest BCUT2D eigenvalue weighted by Gasteiger charge is -2.39. The fourth-order valence-corrected chi connectivity index (χ4v) is 3.13. The first-order valence-corrected chi connectivity index (χ1v) is 7.33. The Morgan fingerprint density at radius 2 is 2.05 bits per heavy atom. The highest BCUT2D eigenvalue weighted by Gasteiger charge is 2.46. The van der Waals surface area contributed by atoms with Crippen molar-refractivity contribution in [2.24, 2.45) is 5.41 Å². The lowest BCUT2D eigenvalue weighted by Crippen LogP contribution is -2.57. The molecule has 1 heterocycles. The molecule has 1 saturated carbocycles. The SMILES string of the molecule is CC1CN(C(=O)NC2CCCC2(C)C(=O)O)CCN1C. The Morgan fingerprint density at radius 3 is 2.65 bits per heavy atom. The Kier molecular flexibility index (Phi) is 4.22. The summed E-state index contributed by atoms with van der Waals surface area (Å²) in [4.78, 5) is 27.8. The third-order valence-electron chi connectivity index (χ3n) is 4.99. The summed E-state index contributed by atoms with van der Waals surface area (Å²) in [6, 6.07) is -0.0456. The van der Waals surface area contributed by atoms with Crippen LogP contribution in [0.3, 0.4) is 0 Å². The van der Waals surface area contributed by atoms with Gasteiger partial charge >= 0.3 is 12.0 Å². The molecule has 0 spiro atoms. The second-order valence-corrected chi connectivity index (χ2v) is 6.39. The van der Waals surface area contributed by atoms with E-state index in [0.29, 0.717) is 25.6 Å².